The Labute approximate surface area is 91.1 Å². The molecule has 0 spiro atoms. The van der Waals surface area contributed by atoms with Crippen molar-refractivity contribution in [3.8, 4) is 0 Å². The number of carbonyl (C=O) groups excluding carboxylic acids is 2. The van der Waals surface area contributed by atoms with Crippen molar-refractivity contribution in [3.05, 3.63) is 6.61 Å². The van der Waals surface area contributed by atoms with E-state index in [1.54, 1.807) is 5.32 Å². The fraction of sp³-hybridized carbons (Fsp3) is 0.667. The summed E-state index contributed by atoms with van der Waals surface area (Å²) in [6.45, 7) is 5.44. The first-order chi connectivity index (χ1) is 7.20. The molecule has 0 aromatic carbocycles. The number of halogens is 3. The fourth-order valence-electron chi connectivity index (χ4n) is 0.910. The molecule has 0 aromatic heterocycles. The van der Waals surface area contributed by atoms with Crippen LogP contribution in [0.5, 0.6) is 0 Å². The van der Waals surface area contributed by atoms with Gasteiger partial charge in [-0.25, -0.2) is 4.79 Å². The summed E-state index contributed by atoms with van der Waals surface area (Å²) in [5, 5.41) is 1.58. The van der Waals surface area contributed by atoms with E-state index in [0.717, 1.165) is 6.61 Å². The highest BCUT2D eigenvalue weighted by Crippen LogP contribution is 2.16. The van der Waals surface area contributed by atoms with Crippen LogP contribution in [0.25, 0.3) is 0 Å². The number of ether oxygens (including phenoxy) is 1. The summed E-state index contributed by atoms with van der Waals surface area (Å²) < 4.78 is 40.3. The number of esters is 1. The van der Waals surface area contributed by atoms with Gasteiger partial charge in [0.15, 0.2) is 0 Å². The van der Waals surface area contributed by atoms with Crippen LogP contribution in [0.15, 0.2) is 0 Å². The Hall–Kier alpha value is -1.27. The zero-order valence-electron chi connectivity index (χ0n) is 9.09. The normalized spacial score (nSPS) is 13.4. The van der Waals surface area contributed by atoms with Crippen molar-refractivity contribution in [2.45, 2.75) is 33.0 Å². The molecular weight excluding hydrogens is 227 g/mol. The molecule has 0 saturated heterocycles. The second kappa shape index (κ2) is 5.72. The highest BCUT2D eigenvalue weighted by atomic mass is 19.4. The molecule has 0 aliphatic rings. The smallest absolute Gasteiger partial charge is 0.457 e. The van der Waals surface area contributed by atoms with E-state index in [1.165, 1.54) is 20.8 Å². The Morgan fingerprint density at radius 1 is 1.31 bits per heavy atom. The summed E-state index contributed by atoms with van der Waals surface area (Å²) in [6, 6.07) is -1.31. The molecular formula is C9H13F3NO3. The lowest BCUT2D eigenvalue weighted by molar-refractivity contribution is -0.176. The number of rotatable bonds is 4. The van der Waals surface area contributed by atoms with Crippen LogP contribution >= 0.6 is 0 Å². The third kappa shape index (κ3) is 4.50. The van der Waals surface area contributed by atoms with Gasteiger partial charge in [-0.2, -0.15) is 13.2 Å². The van der Waals surface area contributed by atoms with Gasteiger partial charge in [0.2, 0.25) is 0 Å². The van der Waals surface area contributed by atoms with Crippen molar-refractivity contribution < 1.29 is 27.5 Å². The SMILES string of the molecule is C[CH]OC(=O)[C@@H](NC(=O)C(F)(F)F)C(C)C. The second-order valence-corrected chi connectivity index (χ2v) is 3.37. The van der Waals surface area contributed by atoms with Crippen LogP contribution in [0, 0.1) is 12.5 Å². The quantitative estimate of drug-likeness (QED) is 0.756. The maximum Gasteiger partial charge on any atom is 0.471 e. The number of amides is 1. The van der Waals surface area contributed by atoms with E-state index >= 15 is 0 Å². The predicted octanol–water partition coefficient (Wildman–Crippen LogP) is 1.41. The third-order valence-corrected chi connectivity index (χ3v) is 1.70. The molecule has 0 unspecified atom stereocenters. The number of hydrogen-bond donors (Lipinski definition) is 1. The van der Waals surface area contributed by atoms with Crippen molar-refractivity contribution >= 4 is 11.9 Å². The summed E-state index contributed by atoms with van der Waals surface area (Å²) >= 11 is 0. The van der Waals surface area contributed by atoms with Crippen molar-refractivity contribution in [1.29, 1.82) is 0 Å². The molecule has 0 heterocycles. The molecule has 16 heavy (non-hydrogen) atoms. The minimum Gasteiger partial charge on any atom is -0.457 e. The molecule has 1 radical (unpaired) electrons. The Morgan fingerprint density at radius 3 is 2.12 bits per heavy atom. The van der Waals surface area contributed by atoms with Gasteiger partial charge in [0.25, 0.3) is 0 Å². The summed E-state index contributed by atoms with van der Waals surface area (Å²) in [5.41, 5.74) is 0. The monoisotopic (exact) mass is 240 g/mol. The largest absolute Gasteiger partial charge is 0.471 e. The lowest BCUT2D eigenvalue weighted by Crippen LogP contribution is -2.49. The van der Waals surface area contributed by atoms with Gasteiger partial charge >= 0.3 is 18.1 Å². The number of hydrogen-bond acceptors (Lipinski definition) is 3. The highest BCUT2D eigenvalue weighted by Gasteiger charge is 2.41. The van der Waals surface area contributed by atoms with Gasteiger partial charge in [0.1, 0.15) is 12.6 Å². The van der Waals surface area contributed by atoms with E-state index < -0.39 is 30.0 Å². The van der Waals surface area contributed by atoms with Gasteiger partial charge < -0.3 is 10.1 Å². The van der Waals surface area contributed by atoms with E-state index in [9.17, 15) is 22.8 Å². The van der Waals surface area contributed by atoms with E-state index in [0.29, 0.717) is 0 Å². The lowest BCUT2D eigenvalue weighted by Gasteiger charge is -2.20. The van der Waals surface area contributed by atoms with Crippen molar-refractivity contribution in [2.75, 3.05) is 0 Å². The first-order valence-corrected chi connectivity index (χ1v) is 4.56. The Morgan fingerprint density at radius 2 is 1.81 bits per heavy atom. The lowest BCUT2D eigenvalue weighted by atomic mass is 10.0. The van der Waals surface area contributed by atoms with Crippen LogP contribution in [0.3, 0.4) is 0 Å². The second-order valence-electron chi connectivity index (χ2n) is 3.37. The van der Waals surface area contributed by atoms with Gasteiger partial charge in [0, 0.05) is 0 Å². The van der Waals surface area contributed by atoms with E-state index in [-0.39, 0.29) is 0 Å². The van der Waals surface area contributed by atoms with Crippen LogP contribution in [0.2, 0.25) is 0 Å². The average molecular weight is 240 g/mol. The molecule has 0 aliphatic carbocycles. The fourth-order valence-corrected chi connectivity index (χ4v) is 0.910. The molecule has 0 aromatic rings. The van der Waals surface area contributed by atoms with E-state index in [2.05, 4.69) is 4.74 Å². The van der Waals surface area contributed by atoms with Crippen molar-refractivity contribution in [1.82, 2.24) is 5.32 Å². The number of nitrogens with one attached hydrogen (secondary N) is 1. The van der Waals surface area contributed by atoms with Crippen LogP contribution in [-0.2, 0) is 14.3 Å². The maximum atomic E-state index is 12.0. The molecule has 1 N–H and O–H groups in total. The van der Waals surface area contributed by atoms with Crippen LogP contribution in [-0.4, -0.2) is 24.1 Å². The summed E-state index contributed by atoms with van der Waals surface area (Å²) in [5.74, 6) is -3.58. The van der Waals surface area contributed by atoms with Crippen LogP contribution in [0.1, 0.15) is 20.8 Å². The zero-order valence-corrected chi connectivity index (χ0v) is 9.09. The first kappa shape index (κ1) is 14.7. The average Bonchev–Trinajstić information content (AvgIpc) is 2.11. The number of carbonyl (C=O) groups is 2. The molecule has 0 fully saturated rings. The molecule has 7 heteroatoms. The minimum atomic E-state index is -5.01. The van der Waals surface area contributed by atoms with Gasteiger partial charge in [-0.15, -0.1) is 0 Å². The maximum absolute atomic E-state index is 12.0. The van der Waals surface area contributed by atoms with Crippen molar-refractivity contribution in [3.63, 3.8) is 0 Å². The molecule has 0 rings (SSSR count). The molecule has 0 bridgehead atoms. The predicted molar refractivity (Wildman–Crippen MR) is 48.9 cm³/mol. The topological polar surface area (TPSA) is 55.4 Å². The summed E-state index contributed by atoms with van der Waals surface area (Å²) in [7, 11) is 0. The zero-order chi connectivity index (χ0) is 12.9. The Balaban J connectivity index is 4.59. The van der Waals surface area contributed by atoms with Crippen LogP contribution < -0.4 is 5.32 Å². The number of alkyl halides is 3. The Kier molecular flexibility index (Phi) is 5.26. The standard InChI is InChI=1S/C9H13F3NO3/c1-4-16-7(14)6(5(2)3)13-8(15)9(10,11)12/h4-6H,1-3H3,(H,13,15)/t6-/m0/s1. The summed E-state index contributed by atoms with van der Waals surface area (Å²) in [4.78, 5) is 21.8. The van der Waals surface area contributed by atoms with Crippen LogP contribution in [0.4, 0.5) is 13.2 Å². The van der Waals surface area contributed by atoms with E-state index in [4.69, 9.17) is 0 Å². The van der Waals surface area contributed by atoms with Gasteiger partial charge in [0.05, 0.1) is 0 Å². The molecule has 1 amide bonds. The first-order valence-electron chi connectivity index (χ1n) is 4.56. The third-order valence-electron chi connectivity index (χ3n) is 1.70. The molecule has 93 valence electrons. The van der Waals surface area contributed by atoms with Crippen molar-refractivity contribution in [2.24, 2.45) is 5.92 Å². The van der Waals surface area contributed by atoms with Gasteiger partial charge in [-0.05, 0) is 12.8 Å². The minimum absolute atomic E-state index is 0.501. The van der Waals surface area contributed by atoms with Gasteiger partial charge in [-0.3, -0.25) is 4.79 Å². The molecule has 1 atom stereocenters. The molecule has 0 aliphatic heterocycles. The highest BCUT2D eigenvalue weighted by molar-refractivity contribution is 5.87. The van der Waals surface area contributed by atoms with E-state index in [1.807, 2.05) is 0 Å². The molecule has 4 nitrogen and oxygen atoms in total. The molecule has 0 saturated carbocycles. The Bertz CT molecular complexity index is 263. The summed E-state index contributed by atoms with van der Waals surface area (Å²) in [6.07, 6.45) is -5.01. The van der Waals surface area contributed by atoms with Gasteiger partial charge in [-0.1, -0.05) is 13.8 Å².